The highest BCUT2D eigenvalue weighted by Gasteiger charge is 2.23. The van der Waals surface area contributed by atoms with Gasteiger partial charge in [-0.05, 0) is 28.8 Å². The predicted octanol–water partition coefficient (Wildman–Crippen LogP) is 3.39. The van der Waals surface area contributed by atoms with Crippen LogP contribution in [0.1, 0.15) is 43.2 Å². The highest BCUT2D eigenvalue weighted by molar-refractivity contribution is 5.49. The van der Waals surface area contributed by atoms with Crippen molar-refractivity contribution in [3.05, 3.63) is 58.8 Å². The molecule has 3 nitrogen and oxygen atoms in total. The topological polar surface area (TPSA) is 36.4 Å². The Balaban J connectivity index is 1.97. The Morgan fingerprint density at radius 2 is 1.71 bits per heavy atom. The van der Waals surface area contributed by atoms with E-state index >= 15 is 0 Å². The van der Waals surface area contributed by atoms with Gasteiger partial charge in [0.2, 0.25) is 0 Å². The maximum atomic E-state index is 9.52. The number of aliphatic hydroxyl groups excluding tert-OH is 1. The van der Waals surface area contributed by atoms with Gasteiger partial charge in [0, 0.05) is 24.2 Å². The fourth-order valence-corrected chi connectivity index (χ4v) is 2.70. The van der Waals surface area contributed by atoms with Crippen LogP contribution >= 0.6 is 0 Å². The molecular formula is C18H22N2O. The quantitative estimate of drug-likeness (QED) is 0.917. The summed E-state index contributed by atoms with van der Waals surface area (Å²) in [5.74, 6) is 0.961. The largest absolute Gasteiger partial charge is 0.392 e. The molecule has 0 atom stereocenters. The molecule has 2 heterocycles. The van der Waals surface area contributed by atoms with Gasteiger partial charge in [0.1, 0.15) is 5.82 Å². The van der Waals surface area contributed by atoms with Gasteiger partial charge in [-0.3, -0.25) is 0 Å². The minimum Gasteiger partial charge on any atom is -0.392 e. The van der Waals surface area contributed by atoms with Crippen LogP contribution in [0.4, 0.5) is 5.82 Å². The third-order valence-electron chi connectivity index (χ3n) is 3.99. The van der Waals surface area contributed by atoms with E-state index in [1.165, 1.54) is 11.1 Å². The van der Waals surface area contributed by atoms with E-state index in [0.29, 0.717) is 0 Å². The lowest BCUT2D eigenvalue weighted by Crippen LogP contribution is -2.20. The maximum Gasteiger partial charge on any atom is 0.129 e. The summed E-state index contributed by atoms with van der Waals surface area (Å²) in [4.78, 5) is 7.11. The zero-order valence-corrected chi connectivity index (χ0v) is 12.9. The predicted molar refractivity (Wildman–Crippen MR) is 85.2 cm³/mol. The van der Waals surface area contributed by atoms with Crippen LogP contribution in [0.25, 0.3) is 0 Å². The zero-order chi connectivity index (χ0) is 15.0. The molecule has 2 aromatic rings. The van der Waals surface area contributed by atoms with E-state index in [1.807, 2.05) is 12.1 Å². The van der Waals surface area contributed by atoms with E-state index in [1.54, 1.807) is 0 Å². The Hall–Kier alpha value is -1.87. The standard InChI is InChI=1S/C18H22N2O/c1-18(2,3)16-8-13(12-21)9-17(19-16)20-10-14-6-4-5-7-15(14)11-20/h4-9,21H,10-12H2,1-3H3. The molecule has 0 saturated carbocycles. The van der Waals surface area contributed by atoms with Crippen molar-refractivity contribution in [1.82, 2.24) is 4.98 Å². The van der Waals surface area contributed by atoms with Crippen LogP contribution in [0.5, 0.6) is 0 Å². The summed E-state index contributed by atoms with van der Waals surface area (Å²) in [6.45, 7) is 8.29. The Kier molecular flexibility index (Phi) is 3.46. The summed E-state index contributed by atoms with van der Waals surface area (Å²) in [5.41, 5.74) is 4.67. The molecule has 0 radical (unpaired) electrons. The third kappa shape index (κ3) is 2.79. The molecule has 0 fully saturated rings. The number of rotatable bonds is 2. The average molecular weight is 282 g/mol. The highest BCUT2D eigenvalue weighted by atomic mass is 16.3. The van der Waals surface area contributed by atoms with Crippen LogP contribution in [0.15, 0.2) is 36.4 Å². The van der Waals surface area contributed by atoms with E-state index in [4.69, 9.17) is 4.98 Å². The molecule has 1 aliphatic rings. The van der Waals surface area contributed by atoms with E-state index in [2.05, 4.69) is 49.9 Å². The minimum absolute atomic E-state index is 0.0213. The molecule has 3 heteroatoms. The molecule has 0 saturated heterocycles. The van der Waals surface area contributed by atoms with Gasteiger partial charge in [-0.25, -0.2) is 4.98 Å². The van der Waals surface area contributed by atoms with Gasteiger partial charge >= 0.3 is 0 Å². The van der Waals surface area contributed by atoms with Gasteiger partial charge in [-0.2, -0.15) is 0 Å². The molecule has 0 bridgehead atoms. The SMILES string of the molecule is CC(C)(C)c1cc(CO)cc(N2Cc3ccccc3C2)n1. The average Bonchev–Trinajstić information content (AvgIpc) is 2.89. The minimum atomic E-state index is -0.0213. The van der Waals surface area contributed by atoms with Gasteiger partial charge in [-0.1, -0.05) is 45.0 Å². The van der Waals surface area contributed by atoms with Gasteiger partial charge in [0.05, 0.1) is 6.61 Å². The number of pyridine rings is 1. The smallest absolute Gasteiger partial charge is 0.129 e. The molecule has 21 heavy (non-hydrogen) atoms. The summed E-state index contributed by atoms with van der Waals surface area (Å²) in [6.07, 6.45) is 0. The number of benzene rings is 1. The van der Waals surface area contributed by atoms with Gasteiger partial charge in [-0.15, -0.1) is 0 Å². The first kappa shape index (κ1) is 14.1. The van der Waals surface area contributed by atoms with Crippen molar-refractivity contribution in [3.8, 4) is 0 Å². The fraction of sp³-hybridized carbons (Fsp3) is 0.389. The molecule has 1 N–H and O–H groups in total. The van der Waals surface area contributed by atoms with Crippen molar-refractivity contribution < 1.29 is 5.11 Å². The van der Waals surface area contributed by atoms with E-state index in [9.17, 15) is 5.11 Å². The second kappa shape index (κ2) is 5.15. The van der Waals surface area contributed by atoms with Crippen molar-refractivity contribution in [3.63, 3.8) is 0 Å². The van der Waals surface area contributed by atoms with E-state index in [-0.39, 0.29) is 12.0 Å². The first-order valence-corrected chi connectivity index (χ1v) is 7.41. The van der Waals surface area contributed by atoms with Crippen molar-refractivity contribution in [2.45, 2.75) is 45.9 Å². The second-order valence-corrected chi connectivity index (χ2v) is 6.75. The van der Waals surface area contributed by atoms with Crippen LogP contribution in [0, 0.1) is 0 Å². The number of aliphatic hydroxyl groups is 1. The zero-order valence-electron chi connectivity index (χ0n) is 12.9. The first-order valence-electron chi connectivity index (χ1n) is 7.41. The molecule has 3 rings (SSSR count). The van der Waals surface area contributed by atoms with Gasteiger partial charge < -0.3 is 10.0 Å². The van der Waals surface area contributed by atoms with E-state index < -0.39 is 0 Å². The van der Waals surface area contributed by atoms with E-state index in [0.717, 1.165) is 30.2 Å². The summed E-state index contributed by atoms with van der Waals surface area (Å²) < 4.78 is 0. The molecule has 0 spiro atoms. The van der Waals surface area contributed by atoms with Crippen LogP contribution in [-0.4, -0.2) is 10.1 Å². The molecule has 0 amide bonds. The summed E-state index contributed by atoms with van der Waals surface area (Å²) in [7, 11) is 0. The molecule has 0 aliphatic carbocycles. The Labute approximate surface area is 126 Å². The number of hydrogen-bond acceptors (Lipinski definition) is 3. The number of hydrogen-bond donors (Lipinski definition) is 1. The first-order chi connectivity index (χ1) is 9.97. The van der Waals surface area contributed by atoms with Crippen molar-refractivity contribution in [2.75, 3.05) is 4.90 Å². The normalized spacial score (nSPS) is 14.4. The van der Waals surface area contributed by atoms with Crippen molar-refractivity contribution in [1.29, 1.82) is 0 Å². The summed E-state index contributed by atoms with van der Waals surface area (Å²) in [5, 5.41) is 9.52. The fourth-order valence-electron chi connectivity index (χ4n) is 2.70. The lowest BCUT2D eigenvalue weighted by molar-refractivity contribution is 0.281. The van der Waals surface area contributed by atoms with Gasteiger partial charge in [0.25, 0.3) is 0 Å². The Morgan fingerprint density at radius 1 is 1.10 bits per heavy atom. The lowest BCUT2D eigenvalue weighted by atomic mass is 9.91. The van der Waals surface area contributed by atoms with Crippen LogP contribution in [-0.2, 0) is 25.1 Å². The molecule has 1 aromatic carbocycles. The van der Waals surface area contributed by atoms with Crippen LogP contribution in [0.3, 0.4) is 0 Å². The molecule has 0 unspecified atom stereocenters. The molecule has 1 aliphatic heterocycles. The molecule has 1 aromatic heterocycles. The van der Waals surface area contributed by atoms with Gasteiger partial charge in [0.15, 0.2) is 0 Å². The monoisotopic (exact) mass is 282 g/mol. The molecule has 110 valence electrons. The summed E-state index contributed by atoms with van der Waals surface area (Å²) >= 11 is 0. The van der Waals surface area contributed by atoms with Crippen molar-refractivity contribution in [2.24, 2.45) is 0 Å². The Bertz CT molecular complexity index is 634. The maximum absolute atomic E-state index is 9.52. The van der Waals surface area contributed by atoms with Crippen molar-refractivity contribution >= 4 is 5.82 Å². The second-order valence-electron chi connectivity index (χ2n) is 6.75. The van der Waals surface area contributed by atoms with Crippen LogP contribution in [0.2, 0.25) is 0 Å². The number of anilines is 1. The number of fused-ring (bicyclic) bond motifs is 1. The number of nitrogens with zero attached hydrogens (tertiary/aromatic N) is 2. The lowest BCUT2D eigenvalue weighted by Gasteiger charge is -2.23. The molecular weight excluding hydrogens is 260 g/mol. The highest BCUT2D eigenvalue weighted by Crippen LogP contribution is 2.30. The Morgan fingerprint density at radius 3 is 2.24 bits per heavy atom. The van der Waals surface area contributed by atoms with Crippen LogP contribution < -0.4 is 4.90 Å². The number of aromatic nitrogens is 1. The third-order valence-corrected chi connectivity index (χ3v) is 3.99. The summed E-state index contributed by atoms with van der Waals surface area (Å²) in [6, 6.07) is 12.5.